The number of alkyl halides is 1. The summed E-state index contributed by atoms with van der Waals surface area (Å²) < 4.78 is 11.4. The maximum absolute atomic E-state index is 12.1. The highest BCUT2D eigenvalue weighted by atomic mass is 35.5. The lowest BCUT2D eigenvalue weighted by molar-refractivity contribution is -0.661. The molecule has 0 spiro atoms. The molecule has 0 unspecified atom stereocenters. The van der Waals surface area contributed by atoms with E-state index in [1.165, 1.54) is 18.1 Å². The van der Waals surface area contributed by atoms with E-state index in [1.54, 1.807) is 6.92 Å². The van der Waals surface area contributed by atoms with Gasteiger partial charge in [-0.3, -0.25) is 4.79 Å². The Kier molecular flexibility index (Phi) is 12.6. The van der Waals surface area contributed by atoms with Gasteiger partial charge in [0.25, 0.3) is 0 Å². The number of carbonyl (C=O) groups is 2. The van der Waals surface area contributed by atoms with Crippen molar-refractivity contribution in [3.63, 3.8) is 0 Å². The summed E-state index contributed by atoms with van der Waals surface area (Å²) in [5, 5.41) is 7.00. The van der Waals surface area contributed by atoms with Crippen LogP contribution in [0.15, 0.2) is 24.4 Å². The maximum Gasteiger partial charge on any atom is 0.339 e. The van der Waals surface area contributed by atoms with Crippen LogP contribution in [0.2, 0.25) is 0 Å². The van der Waals surface area contributed by atoms with Gasteiger partial charge in [-0.05, 0) is 57.9 Å². The quantitative estimate of drug-likeness (QED) is 0.444. The number of hydrogen-bond acceptors (Lipinski definition) is 5. The molecule has 1 aromatic heterocycles. The van der Waals surface area contributed by atoms with E-state index in [0.29, 0.717) is 12.2 Å². The molecule has 0 aliphatic rings. The van der Waals surface area contributed by atoms with Crippen LogP contribution in [0.3, 0.4) is 0 Å². The molecule has 0 saturated heterocycles. The first kappa shape index (κ1) is 27.6. The van der Waals surface area contributed by atoms with Crippen LogP contribution < -0.4 is 4.57 Å². The van der Waals surface area contributed by atoms with Gasteiger partial charge in [0.2, 0.25) is 5.69 Å². The number of pyridine rings is 1. The molecule has 0 amide bonds. The van der Waals surface area contributed by atoms with E-state index in [-0.39, 0.29) is 18.0 Å². The van der Waals surface area contributed by atoms with Crippen molar-refractivity contribution in [2.75, 3.05) is 19.8 Å². The Bertz CT molecular complexity index is 842. The summed E-state index contributed by atoms with van der Waals surface area (Å²) in [4.78, 5) is 21.9. The molecule has 166 valence electrons. The summed E-state index contributed by atoms with van der Waals surface area (Å²) in [6.45, 7) is 11.8. The van der Waals surface area contributed by atoms with Crippen LogP contribution in [0.4, 0.5) is 0 Å². The molecule has 2 aromatic rings. The Balaban J connectivity index is 0.000000905. The average Bonchev–Trinajstić information content (AvgIpc) is 2.65. The predicted molar refractivity (Wildman–Crippen MR) is 119 cm³/mol. The zero-order chi connectivity index (χ0) is 23.4. The van der Waals surface area contributed by atoms with Gasteiger partial charge in [-0.1, -0.05) is 17.7 Å². The highest BCUT2D eigenvalue weighted by molar-refractivity contribution is 6.17. The van der Waals surface area contributed by atoms with Crippen molar-refractivity contribution in [3.8, 4) is 11.3 Å². The van der Waals surface area contributed by atoms with Gasteiger partial charge in [0.05, 0.1) is 17.7 Å². The lowest BCUT2D eigenvalue weighted by Crippen LogP contribution is -2.32. The Hall–Kier alpha value is -2.44. The lowest BCUT2D eigenvalue weighted by Gasteiger charge is -2.12. The Labute approximate surface area is 184 Å². The molecular formula is C23H33ClNO5+. The summed E-state index contributed by atoms with van der Waals surface area (Å²) in [6, 6.07) is 5.92. The second-order valence-corrected chi connectivity index (χ2v) is 6.83. The standard InChI is InChI=1S/C18H21ClNO2.C4H8O2.CH4O/c1-11-6-14(4)17(20(5)9-11)15-8-16(18(21)22-10-19)13(3)7-12(15)2;1-3-6-4(2)5;1-2/h6-9H,10H2,1-5H3;3H2,1-2H3;2H,1H3/q+1;;. The number of aryl methyl sites for hydroxylation is 5. The number of benzene rings is 1. The maximum atomic E-state index is 12.1. The molecule has 0 aliphatic heterocycles. The minimum Gasteiger partial charge on any atom is -0.466 e. The number of hydrogen-bond donors (Lipinski definition) is 1. The smallest absolute Gasteiger partial charge is 0.339 e. The zero-order valence-corrected chi connectivity index (χ0v) is 19.9. The first-order valence-electron chi connectivity index (χ1n) is 9.52. The lowest BCUT2D eigenvalue weighted by atomic mass is 9.95. The molecule has 7 heteroatoms. The topological polar surface area (TPSA) is 76.7 Å². The van der Waals surface area contributed by atoms with Crippen LogP contribution in [0.5, 0.6) is 0 Å². The zero-order valence-electron chi connectivity index (χ0n) is 19.1. The number of ether oxygens (including phenoxy) is 2. The monoisotopic (exact) mass is 438 g/mol. The molecule has 0 radical (unpaired) electrons. The Morgan fingerprint density at radius 2 is 1.60 bits per heavy atom. The van der Waals surface area contributed by atoms with Crippen LogP contribution in [0, 0.1) is 27.7 Å². The molecule has 1 aromatic carbocycles. The highest BCUT2D eigenvalue weighted by Gasteiger charge is 2.20. The van der Waals surface area contributed by atoms with Gasteiger partial charge >= 0.3 is 11.9 Å². The fourth-order valence-electron chi connectivity index (χ4n) is 3.16. The van der Waals surface area contributed by atoms with Gasteiger partial charge < -0.3 is 14.6 Å². The molecule has 30 heavy (non-hydrogen) atoms. The third kappa shape index (κ3) is 8.13. The molecule has 1 heterocycles. The van der Waals surface area contributed by atoms with Gasteiger partial charge in [0.1, 0.15) is 7.05 Å². The van der Waals surface area contributed by atoms with Gasteiger partial charge in [-0.25, -0.2) is 9.36 Å². The predicted octanol–water partition coefficient (Wildman–Crippen LogP) is 3.94. The van der Waals surface area contributed by atoms with Crippen LogP contribution in [0.25, 0.3) is 11.3 Å². The molecule has 1 N–H and O–H groups in total. The minimum atomic E-state index is -0.388. The molecule has 0 aliphatic carbocycles. The van der Waals surface area contributed by atoms with E-state index >= 15 is 0 Å². The number of esters is 2. The van der Waals surface area contributed by atoms with Gasteiger partial charge in [0.15, 0.2) is 12.3 Å². The SMILES string of the molecule is CCOC(C)=O.CO.Cc1cc(C)c(-c2cc(C(=O)OCCl)c(C)cc2C)[n+](C)c1. The Morgan fingerprint density at radius 3 is 2.03 bits per heavy atom. The first-order chi connectivity index (χ1) is 14.1. The van der Waals surface area contributed by atoms with Crippen molar-refractivity contribution in [2.45, 2.75) is 41.5 Å². The molecular weight excluding hydrogens is 406 g/mol. The normalized spacial score (nSPS) is 9.53. The second-order valence-electron chi connectivity index (χ2n) is 6.61. The number of aromatic nitrogens is 1. The molecule has 0 saturated carbocycles. The number of aliphatic hydroxyl groups is 1. The van der Waals surface area contributed by atoms with Crippen LogP contribution >= 0.6 is 11.6 Å². The largest absolute Gasteiger partial charge is 0.466 e. The summed E-state index contributed by atoms with van der Waals surface area (Å²) in [5.41, 5.74) is 7.09. The fourth-order valence-corrected chi connectivity index (χ4v) is 3.25. The van der Waals surface area contributed by atoms with Crippen molar-refractivity contribution in [1.29, 1.82) is 0 Å². The van der Waals surface area contributed by atoms with Crippen molar-refractivity contribution in [3.05, 3.63) is 52.2 Å². The first-order valence-corrected chi connectivity index (χ1v) is 10.0. The minimum absolute atomic E-state index is 0.140. The summed E-state index contributed by atoms with van der Waals surface area (Å²) >= 11 is 5.51. The van der Waals surface area contributed by atoms with E-state index in [1.807, 2.05) is 26.1 Å². The summed E-state index contributed by atoms with van der Waals surface area (Å²) in [5.74, 6) is -0.598. The van der Waals surface area contributed by atoms with Crippen molar-refractivity contribution in [2.24, 2.45) is 7.05 Å². The van der Waals surface area contributed by atoms with Gasteiger partial charge in [0, 0.05) is 25.2 Å². The van der Waals surface area contributed by atoms with Crippen molar-refractivity contribution < 1.29 is 28.7 Å². The third-order valence-corrected chi connectivity index (χ3v) is 4.26. The molecule has 2 rings (SSSR count). The van der Waals surface area contributed by atoms with Crippen molar-refractivity contribution in [1.82, 2.24) is 0 Å². The van der Waals surface area contributed by atoms with E-state index < -0.39 is 0 Å². The van der Waals surface area contributed by atoms with Crippen LogP contribution in [0.1, 0.15) is 46.5 Å². The highest BCUT2D eigenvalue weighted by Crippen LogP contribution is 2.27. The van der Waals surface area contributed by atoms with E-state index in [4.69, 9.17) is 21.4 Å². The van der Waals surface area contributed by atoms with E-state index in [2.05, 4.69) is 42.3 Å². The van der Waals surface area contributed by atoms with Gasteiger partial charge in [-0.2, -0.15) is 0 Å². The van der Waals surface area contributed by atoms with Crippen molar-refractivity contribution >= 4 is 23.5 Å². The van der Waals surface area contributed by atoms with E-state index in [9.17, 15) is 9.59 Å². The van der Waals surface area contributed by atoms with E-state index in [0.717, 1.165) is 29.5 Å². The molecule has 0 bridgehead atoms. The van der Waals surface area contributed by atoms with Crippen LogP contribution in [-0.4, -0.2) is 36.8 Å². The number of carbonyl (C=O) groups excluding carboxylic acids is 2. The molecule has 0 fully saturated rings. The fraction of sp³-hybridized carbons (Fsp3) is 0.435. The second kappa shape index (κ2) is 13.7. The van der Waals surface area contributed by atoms with Gasteiger partial charge in [-0.15, -0.1) is 0 Å². The molecule has 6 nitrogen and oxygen atoms in total. The van der Waals surface area contributed by atoms with Crippen LogP contribution in [-0.2, 0) is 21.3 Å². The number of aliphatic hydroxyl groups excluding tert-OH is 1. The number of halogens is 1. The number of rotatable bonds is 4. The number of nitrogens with zero attached hydrogens (tertiary/aromatic N) is 1. The third-order valence-electron chi connectivity index (χ3n) is 4.15. The Morgan fingerprint density at radius 1 is 1.00 bits per heavy atom. The summed E-state index contributed by atoms with van der Waals surface area (Å²) in [7, 11) is 3.02. The summed E-state index contributed by atoms with van der Waals surface area (Å²) in [6.07, 6.45) is 2.08. The molecule has 0 atom stereocenters. The average molecular weight is 439 g/mol.